The first kappa shape index (κ1) is 34.0. The highest BCUT2D eigenvalue weighted by molar-refractivity contribution is 6.02. The van der Waals surface area contributed by atoms with Gasteiger partial charge in [-0.15, -0.1) is 0 Å². The maximum absolute atomic E-state index is 13.8. The summed E-state index contributed by atoms with van der Waals surface area (Å²) in [6.45, 7) is 1.42. The number of rotatable bonds is 11. The van der Waals surface area contributed by atoms with Gasteiger partial charge in [-0.05, 0) is 22.8 Å². The summed E-state index contributed by atoms with van der Waals surface area (Å²) in [6.07, 6.45) is -3.12. The summed E-state index contributed by atoms with van der Waals surface area (Å²) in [4.78, 5) is 66.0. The highest BCUT2D eigenvalue weighted by Crippen LogP contribution is 2.43. The summed E-state index contributed by atoms with van der Waals surface area (Å²) in [5.41, 5.74) is 2.48. The van der Waals surface area contributed by atoms with Gasteiger partial charge in [0, 0.05) is 62.6 Å². The second-order valence-corrected chi connectivity index (χ2v) is 12.3. The molecule has 3 amide bonds. The van der Waals surface area contributed by atoms with Gasteiger partial charge in [-0.1, -0.05) is 97.1 Å². The molecule has 4 aromatic carbocycles. The van der Waals surface area contributed by atoms with Crippen LogP contribution >= 0.6 is 0 Å². The third-order valence-corrected chi connectivity index (χ3v) is 9.40. The highest BCUT2D eigenvalue weighted by atomic mass is 16.7. The Morgan fingerprint density at radius 3 is 1.74 bits per heavy atom. The second-order valence-electron chi connectivity index (χ2n) is 12.3. The Morgan fingerprint density at radius 1 is 0.780 bits per heavy atom. The van der Waals surface area contributed by atoms with Crippen LogP contribution in [0.1, 0.15) is 45.5 Å². The number of nitrogens with zero attached hydrogens (tertiary/aromatic N) is 4. The van der Waals surface area contributed by atoms with Gasteiger partial charge in [-0.25, -0.2) is 4.79 Å². The number of carbonyl (C=O) groups excluding carboxylic acids is 3. The minimum atomic E-state index is -1.64. The molecule has 2 heterocycles. The molecular weight excluding hydrogens is 640 g/mol. The fraction of sp³-hybridized carbons (Fsp3) is 0.263. The van der Waals surface area contributed by atoms with Crippen LogP contribution in [-0.2, 0) is 26.3 Å². The summed E-state index contributed by atoms with van der Waals surface area (Å²) in [6, 6.07) is 34.9. The standard InChI is InChI=1S/C38H36N4O8/c43-34-18-19-35(44)41(34)26-32(50-37(46)47)24-27-16-17-28(25-33(27)42(48)49)36(45)39-20-22-40(23-21-39)38(29-10-4-1-5-11-29,30-12-6-2-7-13-30)31-14-8-3-9-15-31/h1-17,25,32H,18-24,26H2,(H,46,47). The van der Waals surface area contributed by atoms with E-state index in [2.05, 4.69) is 41.3 Å². The van der Waals surface area contributed by atoms with Gasteiger partial charge in [0.05, 0.1) is 17.0 Å². The molecule has 0 spiro atoms. The van der Waals surface area contributed by atoms with Crippen LogP contribution < -0.4 is 0 Å². The van der Waals surface area contributed by atoms with E-state index in [1.807, 2.05) is 54.6 Å². The average Bonchev–Trinajstić information content (AvgIpc) is 3.45. The molecule has 0 aliphatic carbocycles. The van der Waals surface area contributed by atoms with Gasteiger partial charge in [0.2, 0.25) is 11.8 Å². The summed E-state index contributed by atoms with van der Waals surface area (Å²) in [5.74, 6) is -1.29. The first-order chi connectivity index (χ1) is 24.2. The molecule has 50 heavy (non-hydrogen) atoms. The normalized spacial score (nSPS) is 15.9. The minimum Gasteiger partial charge on any atom is -0.450 e. The number of nitro groups is 1. The van der Waals surface area contributed by atoms with Crippen LogP contribution in [0.3, 0.4) is 0 Å². The third kappa shape index (κ3) is 6.83. The van der Waals surface area contributed by atoms with Crippen LogP contribution in [0.25, 0.3) is 0 Å². The number of imide groups is 1. The summed E-state index contributed by atoms with van der Waals surface area (Å²) >= 11 is 0. The van der Waals surface area contributed by atoms with Gasteiger partial charge in [0.15, 0.2) is 0 Å². The largest absolute Gasteiger partial charge is 0.506 e. The van der Waals surface area contributed by atoms with Gasteiger partial charge in [0.1, 0.15) is 6.10 Å². The van der Waals surface area contributed by atoms with E-state index < -0.39 is 34.5 Å². The Morgan fingerprint density at radius 2 is 1.28 bits per heavy atom. The monoisotopic (exact) mass is 676 g/mol. The lowest BCUT2D eigenvalue weighted by molar-refractivity contribution is -0.385. The van der Waals surface area contributed by atoms with Crippen molar-refractivity contribution in [2.45, 2.75) is 30.9 Å². The Hall–Kier alpha value is -5.88. The Bertz CT molecular complexity index is 1770. The number of benzene rings is 4. The lowest BCUT2D eigenvalue weighted by atomic mass is 9.75. The summed E-state index contributed by atoms with van der Waals surface area (Å²) in [7, 11) is 0. The Balaban J connectivity index is 1.24. The number of hydrogen-bond acceptors (Lipinski definition) is 8. The van der Waals surface area contributed by atoms with Crippen molar-refractivity contribution in [1.82, 2.24) is 14.7 Å². The number of carboxylic acid groups (broad SMARTS) is 1. The smallest absolute Gasteiger partial charge is 0.450 e. The number of nitro benzene ring substituents is 1. The first-order valence-corrected chi connectivity index (χ1v) is 16.4. The zero-order valence-corrected chi connectivity index (χ0v) is 27.2. The summed E-state index contributed by atoms with van der Waals surface area (Å²) < 4.78 is 4.92. The number of piperazine rings is 1. The van der Waals surface area contributed by atoms with Crippen molar-refractivity contribution < 1.29 is 33.9 Å². The molecule has 0 aromatic heterocycles. The van der Waals surface area contributed by atoms with Crippen molar-refractivity contribution >= 4 is 29.6 Å². The molecule has 0 bridgehead atoms. The van der Waals surface area contributed by atoms with E-state index in [0.29, 0.717) is 26.2 Å². The molecule has 256 valence electrons. The number of amides is 3. The SMILES string of the molecule is O=C(O)OC(Cc1ccc(C(=O)N2CCN(C(c3ccccc3)(c3ccccc3)c3ccccc3)CC2)cc1[N+](=O)[O-])CN1C(=O)CCC1=O. The number of likely N-dealkylation sites (tertiary alicyclic amines) is 1. The average molecular weight is 677 g/mol. The maximum atomic E-state index is 13.8. The fourth-order valence-electron chi connectivity index (χ4n) is 7.11. The van der Waals surface area contributed by atoms with Crippen LogP contribution in [0.15, 0.2) is 109 Å². The van der Waals surface area contributed by atoms with Gasteiger partial charge in [-0.3, -0.25) is 34.3 Å². The molecular formula is C38H36N4O8. The molecule has 0 radical (unpaired) electrons. The summed E-state index contributed by atoms with van der Waals surface area (Å²) in [5, 5.41) is 21.5. The van der Waals surface area contributed by atoms with Crippen LogP contribution in [0.2, 0.25) is 0 Å². The van der Waals surface area contributed by atoms with E-state index in [1.165, 1.54) is 18.2 Å². The third-order valence-electron chi connectivity index (χ3n) is 9.40. The highest BCUT2D eigenvalue weighted by Gasteiger charge is 2.43. The molecule has 2 aliphatic rings. The lowest BCUT2D eigenvalue weighted by Crippen LogP contribution is -2.57. The van der Waals surface area contributed by atoms with E-state index in [1.54, 1.807) is 4.90 Å². The predicted octanol–water partition coefficient (Wildman–Crippen LogP) is 5.10. The fourth-order valence-corrected chi connectivity index (χ4v) is 7.11. The molecule has 4 aromatic rings. The molecule has 2 fully saturated rings. The van der Waals surface area contributed by atoms with E-state index in [9.17, 15) is 34.4 Å². The molecule has 0 saturated carbocycles. The minimum absolute atomic E-state index is 0.00952. The molecule has 1 unspecified atom stereocenters. The number of hydrogen-bond donors (Lipinski definition) is 1. The molecule has 2 aliphatic heterocycles. The van der Waals surface area contributed by atoms with Crippen molar-refractivity contribution in [1.29, 1.82) is 0 Å². The zero-order valence-electron chi connectivity index (χ0n) is 27.2. The van der Waals surface area contributed by atoms with Crippen molar-refractivity contribution in [2.75, 3.05) is 32.7 Å². The van der Waals surface area contributed by atoms with Gasteiger partial charge in [-0.2, -0.15) is 0 Å². The Kier molecular flexibility index (Phi) is 10.0. The molecule has 1 N–H and O–H groups in total. The van der Waals surface area contributed by atoms with Gasteiger partial charge < -0.3 is 14.7 Å². The van der Waals surface area contributed by atoms with Gasteiger partial charge >= 0.3 is 6.16 Å². The molecule has 12 heteroatoms. The second kappa shape index (κ2) is 14.7. The van der Waals surface area contributed by atoms with Crippen molar-refractivity contribution in [2.24, 2.45) is 0 Å². The van der Waals surface area contributed by atoms with E-state index >= 15 is 0 Å². The predicted molar refractivity (Wildman–Crippen MR) is 182 cm³/mol. The Labute approximate surface area is 288 Å². The van der Waals surface area contributed by atoms with E-state index in [0.717, 1.165) is 21.6 Å². The molecule has 6 rings (SSSR count). The van der Waals surface area contributed by atoms with Crippen LogP contribution in [-0.4, -0.2) is 87.4 Å². The maximum Gasteiger partial charge on any atom is 0.506 e. The van der Waals surface area contributed by atoms with Crippen molar-refractivity contribution in [3.8, 4) is 0 Å². The quantitative estimate of drug-likeness (QED) is 0.0753. The first-order valence-electron chi connectivity index (χ1n) is 16.4. The van der Waals surface area contributed by atoms with Crippen molar-refractivity contribution in [3.05, 3.63) is 147 Å². The van der Waals surface area contributed by atoms with Gasteiger partial charge in [0.25, 0.3) is 11.6 Å². The van der Waals surface area contributed by atoms with Crippen LogP contribution in [0, 0.1) is 10.1 Å². The number of carbonyl (C=O) groups is 4. The van der Waals surface area contributed by atoms with E-state index in [-0.39, 0.29) is 48.5 Å². The topological polar surface area (TPSA) is 151 Å². The van der Waals surface area contributed by atoms with E-state index in [4.69, 9.17) is 4.74 Å². The number of ether oxygens (including phenoxy) is 1. The van der Waals surface area contributed by atoms with Crippen LogP contribution in [0.4, 0.5) is 10.5 Å². The van der Waals surface area contributed by atoms with Crippen LogP contribution in [0.5, 0.6) is 0 Å². The molecule has 12 nitrogen and oxygen atoms in total. The molecule has 1 atom stereocenters. The zero-order chi connectivity index (χ0) is 35.3. The molecule has 2 saturated heterocycles. The van der Waals surface area contributed by atoms with Crippen molar-refractivity contribution in [3.63, 3.8) is 0 Å². The lowest BCUT2D eigenvalue weighted by Gasteiger charge is -2.49.